The molecule has 3 heteroatoms. The van der Waals surface area contributed by atoms with Gasteiger partial charge in [0, 0.05) is 5.56 Å². The van der Waals surface area contributed by atoms with Gasteiger partial charge in [-0.1, -0.05) is 32.9 Å². The van der Waals surface area contributed by atoms with E-state index in [2.05, 4.69) is 4.84 Å². The summed E-state index contributed by atoms with van der Waals surface area (Å²) in [6.45, 7) is 6.05. The van der Waals surface area contributed by atoms with E-state index in [0.29, 0.717) is 5.75 Å². The Hall–Kier alpha value is -1.22. The van der Waals surface area contributed by atoms with Crippen molar-refractivity contribution >= 4 is 0 Å². The van der Waals surface area contributed by atoms with E-state index in [1.54, 1.807) is 6.07 Å². The molecule has 72 valence electrons. The molecule has 3 N–H and O–H groups in total. The van der Waals surface area contributed by atoms with Crippen LogP contribution in [0.15, 0.2) is 18.2 Å². The molecule has 13 heavy (non-hydrogen) atoms. The lowest BCUT2D eigenvalue weighted by Gasteiger charge is -2.20. The van der Waals surface area contributed by atoms with Crippen LogP contribution < -0.4 is 10.7 Å². The van der Waals surface area contributed by atoms with Crippen molar-refractivity contribution in [2.75, 3.05) is 0 Å². The highest BCUT2D eigenvalue weighted by molar-refractivity contribution is 5.48. The summed E-state index contributed by atoms with van der Waals surface area (Å²) in [5.74, 6) is 5.44. The van der Waals surface area contributed by atoms with Crippen molar-refractivity contribution in [3.05, 3.63) is 23.8 Å². The van der Waals surface area contributed by atoms with Crippen LogP contribution in [-0.4, -0.2) is 5.11 Å². The summed E-state index contributed by atoms with van der Waals surface area (Å²) in [7, 11) is 0. The lowest BCUT2D eigenvalue weighted by atomic mass is 9.86. The summed E-state index contributed by atoms with van der Waals surface area (Å²) in [6, 6.07) is 5.30. The SMILES string of the molecule is CC(C)(C)c1cccc(ON)c1O. The zero-order valence-corrected chi connectivity index (χ0v) is 8.16. The second-order valence-corrected chi connectivity index (χ2v) is 4.02. The largest absolute Gasteiger partial charge is 0.504 e. The Balaban J connectivity index is 3.24. The van der Waals surface area contributed by atoms with Crippen molar-refractivity contribution in [3.63, 3.8) is 0 Å². The van der Waals surface area contributed by atoms with Crippen LogP contribution in [0.25, 0.3) is 0 Å². The fraction of sp³-hybridized carbons (Fsp3) is 0.400. The molecule has 0 bridgehead atoms. The van der Waals surface area contributed by atoms with E-state index in [4.69, 9.17) is 5.90 Å². The van der Waals surface area contributed by atoms with Crippen LogP contribution in [0.2, 0.25) is 0 Å². The fourth-order valence-corrected chi connectivity index (χ4v) is 1.22. The van der Waals surface area contributed by atoms with Gasteiger partial charge in [0.15, 0.2) is 11.5 Å². The minimum absolute atomic E-state index is 0.112. The zero-order chi connectivity index (χ0) is 10.1. The quantitative estimate of drug-likeness (QED) is 0.651. The van der Waals surface area contributed by atoms with Gasteiger partial charge < -0.3 is 9.94 Å². The third kappa shape index (κ3) is 1.92. The minimum Gasteiger partial charge on any atom is -0.504 e. The van der Waals surface area contributed by atoms with E-state index in [-0.39, 0.29) is 11.2 Å². The number of hydrogen-bond donors (Lipinski definition) is 2. The smallest absolute Gasteiger partial charge is 0.188 e. The fourth-order valence-electron chi connectivity index (χ4n) is 1.22. The molecule has 0 heterocycles. The molecule has 0 saturated carbocycles. The Bertz CT molecular complexity index is 302. The average molecular weight is 181 g/mol. The molecule has 0 aromatic heterocycles. The van der Waals surface area contributed by atoms with Gasteiger partial charge in [0.05, 0.1) is 0 Å². The van der Waals surface area contributed by atoms with E-state index in [0.717, 1.165) is 5.56 Å². The molecule has 0 spiro atoms. The maximum absolute atomic E-state index is 9.72. The Kier molecular flexibility index (Phi) is 2.48. The molecule has 0 atom stereocenters. The number of para-hydroxylation sites is 1. The molecule has 0 aliphatic carbocycles. The molecule has 3 nitrogen and oxygen atoms in total. The Morgan fingerprint density at radius 3 is 2.38 bits per heavy atom. The molecule has 0 aliphatic heterocycles. The van der Waals surface area contributed by atoms with E-state index < -0.39 is 0 Å². The Labute approximate surface area is 78.1 Å². The number of rotatable bonds is 1. The molecule has 0 saturated heterocycles. The van der Waals surface area contributed by atoms with E-state index in [9.17, 15) is 5.11 Å². The van der Waals surface area contributed by atoms with Crippen molar-refractivity contribution in [3.8, 4) is 11.5 Å². The number of phenolic OH excluding ortho intramolecular Hbond substituents is 1. The highest BCUT2D eigenvalue weighted by Gasteiger charge is 2.19. The second kappa shape index (κ2) is 3.26. The van der Waals surface area contributed by atoms with Crippen LogP contribution >= 0.6 is 0 Å². The first-order valence-electron chi connectivity index (χ1n) is 4.16. The zero-order valence-electron chi connectivity index (χ0n) is 8.16. The second-order valence-electron chi connectivity index (χ2n) is 4.02. The molecule has 0 amide bonds. The standard InChI is InChI=1S/C10H15NO2/c1-10(2,3)7-5-4-6-8(13-11)9(7)12/h4-6,12H,11H2,1-3H3. The Morgan fingerprint density at radius 2 is 1.92 bits per heavy atom. The predicted octanol–water partition coefficient (Wildman–Crippen LogP) is 1.94. The monoisotopic (exact) mass is 181 g/mol. The lowest BCUT2D eigenvalue weighted by Crippen LogP contribution is -2.12. The number of phenols is 1. The summed E-state index contributed by atoms with van der Waals surface area (Å²) in [6.07, 6.45) is 0. The van der Waals surface area contributed by atoms with Crippen molar-refractivity contribution in [1.29, 1.82) is 0 Å². The maximum Gasteiger partial charge on any atom is 0.188 e. The van der Waals surface area contributed by atoms with Gasteiger partial charge in [0.2, 0.25) is 0 Å². The van der Waals surface area contributed by atoms with E-state index in [1.807, 2.05) is 32.9 Å². The van der Waals surface area contributed by atoms with Gasteiger partial charge in [-0.3, -0.25) is 0 Å². The maximum atomic E-state index is 9.72. The first kappa shape index (κ1) is 9.86. The summed E-state index contributed by atoms with van der Waals surface area (Å²) < 4.78 is 0. The molecule has 1 aromatic carbocycles. The molecule has 0 aliphatic rings. The molecule has 0 unspecified atom stereocenters. The van der Waals surface area contributed by atoms with Crippen LogP contribution in [-0.2, 0) is 5.41 Å². The lowest BCUT2D eigenvalue weighted by molar-refractivity contribution is 0.308. The van der Waals surface area contributed by atoms with Crippen molar-refractivity contribution < 1.29 is 9.94 Å². The van der Waals surface area contributed by atoms with Gasteiger partial charge >= 0.3 is 0 Å². The molecule has 1 rings (SSSR count). The molecular formula is C10H15NO2. The summed E-state index contributed by atoms with van der Waals surface area (Å²) in [4.78, 5) is 4.53. The normalized spacial score (nSPS) is 11.4. The van der Waals surface area contributed by atoms with Crippen LogP contribution in [0.5, 0.6) is 11.5 Å². The number of nitrogens with two attached hydrogens (primary N) is 1. The first-order valence-corrected chi connectivity index (χ1v) is 4.16. The number of benzene rings is 1. The summed E-state index contributed by atoms with van der Waals surface area (Å²) in [5, 5.41) is 9.72. The third-order valence-corrected chi connectivity index (χ3v) is 1.93. The molecule has 0 radical (unpaired) electrons. The van der Waals surface area contributed by atoms with Crippen molar-refractivity contribution in [1.82, 2.24) is 0 Å². The van der Waals surface area contributed by atoms with Gasteiger partial charge in [0.1, 0.15) is 0 Å². The molecule has 1 aromatic rings. The van der Waals surface area contributed by atoms with Gasteiger partial charge in [-0.05, 0) is 11.5 Å². The molecular weight excluding hydrogens is 166 g/mol. The van der Waals surface area contributed by atoms with Crippen molar-refractivity contribution in [2.24, 2.45) is 5.90 Å². The third-order valence-electron chi connectivity index (χ3n) is 1.93. The Morgan fingerprint density at radius 1 is 1.31 bits per heavy atom. The summed E-state index contributed by atoms with van der Waals surface area (Å²) >= 11 is 0. The van der Waals surface area contributed by atoms with Gasteiger partial charge in [-0.15, -0.1) is 0 Å². The summed E-state index contributed by atoms with van der Waals surface area (Å²) in [5.41, 5.74) is 0.717. The topological polar surface area (TPSA) is 55.5 Å². The minimum atomic E-state index is -0.112. The highest BCUT2D eigenvalue weighted by atomic mass is 16.6. The van der Waals surface area contributed by atoms with Gasteiger partial charge in [-0.25, -0.2) is 0 Å². The first-order chi connectivity index (χ1) is 5.96. The average Bonchev–Trinajstić information content (AvgIpc) is 2.02. The van der Waals surface area contributed by atoms with E-state index in [1.165, 1.54) is 0 Å². The van der Waals surface area contributed by atoms with Gasteiger partial charge in [-0.2, -0.15) is 5.90 Å². The highest BCUT2D eigenvalue weighted by Crippen LogP contribution is 2.36. The van der Waals surface area contributed by atoms with Gasteiger partial charge in [0.25, 0.3) is 0 Å². The van der Waals surface area contributed by atoms with Crippen LogP contribution in [0.3, 0.4) is 0 Å². The number of aromatic hydroxyl groups is 1. The predicted molar refractivity (Wildman–Crippen MR) is 51.6 cm³/mol. The number of hydrogen-bond acceptors (Lipinski definition) is 3. The van der Waals surface area contributed by atoms with E-state index >= 15 is 0 Å². The van der Waals surface area contributed by atoms with Crippen LogP contribution in [0.1, 0.15) is 26.3 Å². The van der Waals surface area contributed by atoms with Crippen LogP contribution in [0.4, 0.5) is 0 Å². The van der Waals surface area contributed by atoms with Crippen LogP contribution in [0, 0.1) is 0 Å². The van der Waals surface area contributed by atoms with Crippen molar-refractivity contribution in [2.45, 2.75) is 26.2 Å². The molecule has 0 fully saturated rings.